The van der Waals surface area contributed by atoms with E-state index < -0.39 is 0 Å². The Morgan fingerprint density at radius 2 is 2.27 bits per heavy atom. The zero-order valence-corrected chi connectivity index (χ0v) is 12.6. The lowest BCUT2D eigenvalue weighted by molar-refractivity contribution is -0.121. The summed E-state index contributed by atoms with van der Waals surface area (Å²) in [6.45, 7) is 2.73. The Balaban J connectivity index is 1.85. The summed E-state index contributed by atoms with van der Waals surface area (Å²) in [6.07, 6.45) is 3.49. The molecule has 0 saturated carbocycles. The summed E-state index contributed by atoms with van der Waals surface area (Å²) in [5.74, 6) is 0.124. The van der Waals surface area contributed by atoms with Crippen LogP contribution in [0.4, 0.5) is 0 Å². The molecule has 0 aliphatic carbocycles. The van der Waals surface area contributed by atoms with Crippen molar-refractivity contribution in [3.63, 3.8) is 0 Å². The number of furan rings is 1. The number of carbonyl (C=O) groups excluding carboxylic acids is 2. The van der Waals surface area contributed by atoms with E-state index in [0.29, 0.717) is 18.8 Å². The van der Waals surface area contributed by atoms with E-state index in [1.807, 2.05) is 17.7 Å². The highest BCUT2D eigenvalue weighted by atomic mass is 16.3. The second kappa shape index (κ2) is 5.67. The van der Waals surface area contributed by atoms with Crippen molar-refractivity contribution in [2.24, 2.45) is 0 Å². The summed E-state index contributed by atoms with van der Waals surface area (Å²) in [7, 11) is 1.60. The zero-order chi connectivity index (χ0) is 15.7. The quantitative estimate of drug-likeness (QED) is 0.921. The maximum Gasteiger partial charge on any atom is 0.290 e. The van der Waals surface area contributed by atoms with E-state index in [1.165, 1.54) is 6.26 Å². The lowest BCUT2D eigenvalue weighted by atomic mass is 10.1. The van der Waals surface area contributed by atoms with Gasteiger partial charge in [-0.25, -0.2) is 0 Å². The van der Waals surface area contributed by atoms with Crippen molar-refractivity contribution in [3.05, 3.63) is 41.6 Å². The predicted octanol–water partition coefficient (Wildman–Crippen LogP) is 1.12. The minimum Gasteiger partial charge on any atom is -0.459 e. The predicted molar refractivity (Wildman–Crippen MR) is 78.1 cm³/mol. The molecule has 22 heavy (non-hydrogen) atoms. The number of rotatable bonds is 3. The van der Waals surface area contributed by atoms with Gasteiger partial charge >= 0.3 is 0 Å². The van der Waals surface area contributed by atoms with E-state index >= 15 is 0 Å². The number of nitrogens with zero attached hydrogens (tertiary/aromatic N) is 3. The number of nitrogens with one attached hydrogen (secondary N) is 1. The standard InChI is InChI=1S/C15H18N4O3/c1-10-4-6-22-14(10)15(21)18-8-11-3-5-17-19(11)12(9-18)7-13(20)16-2/h3-6,12H,7-9H2,1-2H3,(H,16,20). The molecule has 3 heterocycles. The molecule has 1 unspecified atom stereocenters. The first kappa shape index (κ1) is 14.4. The third-order valence-electron chi connectivity index (χ3n) is 3.93. The molecule has 0 saturated heterocycles. The number of aromatic nitrogens is 2. The average molecular weight is 302 g/mol. The normalized spacial score (nSPS) is 17.2. The largest absolute Gasteiger partial charge is 0.459 e. The Labute approximate surface area is 127 Å². The molecule has 0 radical (unpaired) electrons. The highest BCUT2D eigenvalue weighted by Crippen LogP contribution is 2.25. The minimum absolute atomic E-state index is 0.0741. The molecule has 2 amide bonds. The monoisotopic (exact) mass is 302 g/mol. The topological polar surface area (TPSA) is 80.4 Å². The smallest absolute Gasteiger partial charge is 0.290 e. The molecule has 1 N–H and O–H groups in total. The molecule has 7 nitrogen and oxygen atoms in total. The molecule has 1 aliphatic rings. The number of hydrogen-bond acceptors (Lipinski definition) is 4. The van der Waals surface area contributed by atoms with E-state index in [-0.39, 0.29) is 24.3 Å². The second-order valence-corrected chi connectivity index (χ2v) is 5.42. The van der Waals surface area contributed by atoms with Gasteiger partial charge in [0.2, 0.25) is 5.91 Å². The van der Waals surface area contributed by atoms with E-state index in [2.05, 4.69) is 10.4 Å². The van der Waals surface area contributed by atoms with Crippen LogP contribution in [0.1, 0.15) is 34.3 Å². The van der Waals surface area contributed by atoms with Gasteiger partial charge in [0.25, 0.3) is 5.91 Å². The molecule has 2 aromatic heterocycles. The third kappa shape index (κ3) is 2.49. The van der Waals surface area contributed by atoms with Crippen LogP contribution in [0.3, 0.4) is 0 Å². The molecule has 1 atom stereocenters. The van der Waals surface area contributed by atoms with Gasteiger partial charge in [0, 0.05) is 25.4 Å². The molecule has 2 aromatic rings. The molecule has 116 valence electrons. The highest BCUT2D eigenvalue weighted by Gasteiger charge is 2.31. The van der Waals surface area contributed by atoms with E-state index in [0.717, 1.165) is 11.3 Å². The molecular formula is C15H18N4O3. The van der Waals surface area contributed by atoms with Crippen LogP contribution in [-0.4, -0.2) is 40.1 Å². The third-order valence-corrected chi connectivity index (χ3v) is 3.93. The lowest BCUT2D eigenvalue weighted by Crippen LogP contribution is -2.42. The fraction of sp³-hybridized carbons (Fsp3) is 0.400. The molecule has 0 bridgehead atoms. The van der Waals surface area contributed by atoms with E-state index in [1.54, 1.807) is 24.2 Å². The van der Waals surface area contributed by atoms with Gasteiger partial charge in [0.1, 0.15) is 0 Å². The van der Waals surface area contributed by atoms with Gasteiger partial charge in [0.15, 0.2) is 5.76 Å². The number of amides is 2. The van der Waals surface area contributed by atoms with E-state index in [9.17, 15) is 9.59 Å². The fourth-order valence-corrected chi connectivity index (χ4v) is 2.74. The Morgan fingerprint density at radius 3 is 2.95 bits per heavy atom. The van der Waals surface area contributed by atoms with Crippen LogP contribution in [0, 0.1) is 6.92 Å². The molecule has 0 spiro atoms. The maximum atomic E-state index is 12.6. The zero-order valence-electron chi connectivity index (χ0n) is 12.6. The van der Waals surface area contributed by atoms with Crippen LogP contribution in [-0.2, 0) is 11.3 Å². The molecular weight excluding hydrogens is 284 g/mol. The van der Waals surface area contributed by atoms with Crippen LogP contribution < -0.4 is 5.32 Å². The summed E-state index contributed by atoms with van der Waals surface area (Å²) in [4.78, 5) is 26.0. The first-order valence-electron chi connectivity index (χ1n) is 7.16. The summed E-state index contributed by atoms with van der Waals surface area (Å²) in [6, 6.07) is 3.47. The van der Waals surface area contributed by atoms with Crippen molar-refractivity contribution >= 4 is 11.8 Å². The molecule has 0 aromatic carbocycles. The number of aryl methyl sites for hydroxylation is 1. The van der Waals surface area contributed by atoms with Crippen molar-refractivity contribution in [1.82, 2.24) is 20.0 Å². The van der Waals surface area contributed by atoms with Crippen molar-refractivity contribution in [3.8, 4) is 0 Å². The molecule has 1 aliphatic heterocycles. The first-order valence-corrected chi connectivity index (χ1v) is 7.16. The first-order chi connectivity index (χ1) is 10.6. The Morgan fingerprint density at radius 1 is 1.45 bits per heavy atom. The van der Waals surface area contributed by atoms with Crippen LogP contribution in [0.5, 0.6) is 0 Å². The van der Waals surface area contributed by atoms with Crippen molar-refractivity contribution in [2.45, 2.75) is 25.9 Å². The van der Waals surface area contributed by atoms with Gasteiger partial charge in [-0.3, -0.25) is 14.3 Å². The van der Waals surface area contributed by atoms with Crippen LogP contribution in [0.25, 0.3) is 0 Å². The van der Waals surface area contributed by atoms with Gasteiger partial charge < -0.3 is 14.6 Å². The van der Waals surface area contributed by atoms with Crippen LogP contribution >= 0.6 is 0 Å². The van der Waals surface area contributed by atoms with Crippen molar-refractivity contribution < 1.29 is 14.0 Å². The average Bonchev–Trinajstić information content (AvgIpc) is 3.14. The molecule has 7 heteroatoms. The minimum atomic E-state index is -0.169. The van der Waals surface area contributed by atoms with Gasteiger partial charge in [-0.05, 0) is 19.1 Å². The van der Waals surface area contributed by atoms with Crippen LogP contribution in [0.2, 0.25) is 0 Å². The number of fused-ring (bicyclic) bond motifs is 1. The Kier molecular flexibility index (Phi) is 3.70. The van der Waals surface area contributed by atoms with E-state index in [4.69, 9.17) is 4.42 Å². The van der Waals surface area contributed by atoms with Crippen LogP contribution in [0.15, 0.2) is 29.0 Å². The lowest BCUT2D eigenvalue weighted by Gasteiger charge is -2.33. The summed E-state index contributed by atoms with van der Waals surface area (Å²) in [5, 5.41) is 6.89. The SMILES string of the molecule is CNC(=O)CC1CN(C(=O)c2occc2C)Cc2ccnn21. The molecule has 0 fully saturated rings. The number of hydrogen-bond donors (Lipinski definition) is 1. The fourth-order valence-electron chi connectivity index (χ4n) is 2.74. The van der Waals surface area contributed by atoms with Gasteiger partial charge in [0.05, 0.1) is 31.0 Å². The highest BCUT2D eigenvalue weighted by molar-refractivity contribution is 5.93. The summed E-state index contributed by atoms with van der Waals surface area (Å²) < 4.78 is 7.12. The molecule has 3 rings (SSSR count). The van der Waals surface area contributed by atoms with Gasteiger partial charge in [-0.1, -0.05) is 0 Å². The number of carbonyl (C=O) groups is 2. The Bertz CT molecular complexity index is 703. The maximum absolute atomic E-state index is 12.6. The second-order valence-electron chi connectivity index (χ2n) is 5.42. The van der Waals surface area contributed by atoms with Crippen molar-refractivity contribution in [1.29, 1.82) is 0 Å². The summed E-state index contributed by atoms with van der Waals surface area (Å²) in [5.41, 5.74) is 1.73. The van der Waals surface area contributed by atoms with Gasteiger partial charge in [-0.2, -0.15) is 5.10 Å². The summed E-state index contributed by atoms with van der Waals surface area (Å²) >= 11 is 0. The Hall–Kier alpha value is -2.57. The van der Waals surface area contributed by atoms with Crippen molar-refractivity contribution in [2.75, 3.05) is 13.6 Å². The van der Waals surface area contributed by atoms with Gasteiger partial charge in [-0.15, -0.1) is 0 Å².